The van der Waals surface area contributed by atoms with Crippen LogP contribution < -0.4 is 14.7 Å². The van der Waals surface area contributed by atoms with Crippen LogP contribution in [0.5, 0.6) is 0 Å². The monoisotopic (exact) mass is 392 g/mol. The van der Waals surface area contributed by atoms with E-state index in [0.717, 1.165) is 31.2 Å². The molecule has 0 N–H and O–H groups in total. The standard InChI is InChI=1S/C19H23F3N6/c20-19(21,22)15-4-5-16(24-14-15)27-10-12-28(13-11-27)18-23-7-6-17(25-18)26-8-2-1-3-9-26/h4-7,14H,1-3,8-13H2. The summed E-state index contributed by atoms with van der Waals surface area (Å²) in [6.45, 7) is 4.79. The van der Waals surface area contributed by atoms with Crippen molar-refractivity contribution in [2.45, 2.75) is 25.4 Å². The number of hydrogen-bond donors (Lipinski definition) is 0. The van der Waals surface area contributed by atoms with Gasteiger partial charge in [-0.1, -0.05) is 0 Å². The number of aromatic nitrogens is 3. The highest BCUT2D eigenvalue weighted by Gasteiger charge is 2.31. The first kappa shape index (κ1) is 18.8. The number of piperazine rings is 1. The molecule has 0 amide bonds. The Morgan fingerprint density at radius 3 is 2.04 bits per heavy atom. The van der Waals surface area contributed by atoms with Gasteiger partial charge in [-0.15, -0.1) is 0 Å². The van der Waals surface area contributed by atoms with Crippen molar-refractivity contribution >= 4 is 17.6 Å². The average Bonchev–Trinajstić information content (AvgIpc) is 2.74. The molecule has 6 nitrogen and oxygen atoms in total. The van der Waals surface area contributed by atoms with Crippen LogP contribution in [0.3, 0.4) is 0 Å². The Hall–Kier alpha value is -2.58. The second-order valence-electron chi connectivity index (χ2n) is 7.14. The van der Waals surface area contributed by atoms with Gasteiger partial charge in [-0.2, -0.15) is 18.2 Å². The molecule has 2 aromatic heterocycles. The Bertz CT molecular complexity index is 781. The van der Waals surface area contributed by atoms with Gasteiger partial charge in [0.1, 0.15) is 11.6 Å². The summed E-state index contributed by atoms with van der Waals surface area (Å²) < 4.78 is 38.1. The Balaban J connectivity index is 1.39. The van der Waals surface area contributed by atoms with Crippen LogP contribution in [0.15, 0.2) is 30.6 Å². The molecule has 0 spiro atoms. The Kier molecular flexibility index (Phi) is 5.23. The maximum Gasteiger partial charge on any atom is 0.417 e. The maximum atomic E-state index is 12.7. The lowest BCUT2D eigenvalue weighted by atomic mass is 10.1. The smallest absolute Gasteiger partial charge is 0.356 e. The zero-order valence-corrected chi connectivity index (χ0v) is 15.6. The highest BCUT2D eigenvalue weighted by molar-refractivity contribution is 5.47. The second kappa shape index (κ2) is 7.81. The molecule has 2 fully saturated rings. The third kappa shape index (κ3) is 4.13. The summed E-state index contributed by atoms with van der Waals surface area (Å²) in [6, 6.07) is 4.48. The molecule has 0 radical (unpaired) electrons. The molecule has 9 heteroatoms. The number of pyridine rings is 1. The molecule has 2 aliphatic heterocycles. The first-order valence-corrected chi connectivity index (χ1v) is 9.62. The molecular formula is C19H23F3N6. The van der Waals surface area contributed by atoms with Crippen molar-refractivity contribution in [2.24, 2.45) is 0 Å². The summed E-state index contributed by atoms with van der Waals surface area (Å²) >= 11 is 0. The van der Waals surface area contributed by atoms with Crippen LogP contribution in [0.25, 0.3) is 0 Å². The minimum atomic E-state index is -4.36. The summed E-state index contributed by atoms with van der Waals surface area (Å²) in [5.41, 5.74) is -0.724. The highest BCUT2D eigenvalue weighted by atomic mass is 19.4. The third-order valence-corrected chi connectivity index (χ3v) is 5.27. The highest BCUT2D eigenvalue weighted by Crippen LogP contribution is 2.29. The number of nitrogens with zero attached hydrogens (tertiary/aromatic N) is 6. The minimum absolute atomic E-state index is 0.565. The number of hydrogen-bond acceptors (Lipinski definition) is 6. The van der Waals surface area contributed by atoms with E-state index in [1.165, 1.54) is 25.3 Å². The van der Waals surface area contributed by atoms with E-state index in [9.17, 15) is 13.2 Å². The Labute approximate surface area is 162 Å². The van der Waals surface area contributed by atoms with E-state index in [1.54, 1.807) is 6.20 Å². The van der Waals surface area contributed by atoms with E-state index in [4.69, 9.17) is 4.98 Å². The van der Waals surface area contributed by atoms with Crippen molar-refractivity contribution in [3.63, 3.8) is 0 Å². The van der Waals surface area contributed by atoms with Gasteiger partial charge >= 0.3 is 6.18 Å². The van der Waals surface area contributed by atoms with Crippen LogP contribution in [-0.4, -0.2) is 54.2 Å². The zero-order valence-electron chi connectivity index (χ0n) is 15.6. The lowest BCUT2D eigenvalue weighted by Gasteiger charge is -2.36. The lowest BCUT2D eigenvalue weighted by Crippen LogP contribution is -2.47. The van der Waals surface area contributed by atoms with Crippen LogP contribution in [0.4, 0.5) is 30.8 Å². The van der Waals surface area contributed by atoms with E-state index in [-0.39, 0.29) is 0 Å². The quantitative estimate of drug-likeness (QED) is 0.800. The molecule has 28 heavy (non-hydrogen) atoms. The fraction of sp³-hybridized carbons (Fsp3) is 0.526. The number of anilines is 3. The molecule has 4 heterocycles. The van der Waals surface area contributed by atoms with Gasteiger partial charge in [-0.25, -0.2) is 9.97 Å². The van der Waals surface area contributed by atoms with Crippen LogP contribution in [0.1, 0.15) is 24.8 Å². The van der Waals surface area contributed by atoms with Crippen molar-refractivity contribution in [1.82, 2.24) is 15.0 Å². The van der Waals surface area contributed by atoms with Gasteiger partial charge in [0.05, 0.1) is 5.56 Å². The van der Waals surface area contributed by atoms with Gasteiger partial charge < -0.3 is 14.7 Å². The van der Waals surface area contributed by atoms with Gasteiger partial charge in [-0.3, -0.25) is 0 Å². The van der Waals surface area contributed by atoms with Crippen LogP contribution >= 0.6 is 0 Å². The first-order valence-electron chi connectivity index (χ1n) is 9.62. The van der Waals surface area contributed by atoms with Crippen LogP contribution in [0.2, 0.25) is 0 Å². The van der Waals surface area contributed by atoms with Crippen LogP contribution in [0, 0.1) is 0 Å². The fourth-order valence-electron chi connectivity index (χ4n) is 3.67. The Morgan fingerprint density at radius 2 is 1.39 bits per heavy atom. The summed E-state index contributed by atoms with van der Waals surface area (Å²) in [5, 5.41) is 0. The normalized spacial score (nSPS) is 18.5. The van der Waals surface area contributed by atoms with E-state index < -0.39 is 11.7 Å². The molecule has 0 saturated carbocycles. The van der Waals surface area contributed by atoms with Gasteiger partial charge in [0.15, 0.2) is 0 Å². The molecule has 150 valence electrons. The van der Waals surface area contributed by atoms with Crippen molar-refractivity contribution in [2.75, 3.05) is 54.0 Å². The third-order valence-electron chi connectivity index (χ3n) is 5.27. The zero-order chi connectivity index (χ0) is 19.6. The lowest BCUT2D eigenvalue weighted by molar-refractivity contribution is -0.137. The largest absolute Gasteiger partial charge is 0.417 e. The van der Waals surface area contributed by atoms with E-state index in [2.05, 4.69) is 19.8 Å². The SMILES string of the molecule is FC(F)(F)c1ccc(N2CCN(c3nccc(N4CCCCC4)n3)CC2)nc1. The molecule has 0 unspecified atom stereocenters. The van der Waals surface area contributed by atoms with Crippen molar-refractivity contribution < 1.29 is 13.2 Å². The molecule has 2 aliphatic rings. The maximum absolute atomic E-state index is 12.7. The van der Waals surface area contributed by atoms with E-state index in [1.807, 2.05) is 11.0 Å². The van der Waals surface area contributed by atoms with Crippen LogP contribution in [-0.2, 0) is 6.18 Å². The van der Waals surface area contributed by atoms with Crippen molar-refractivity contribution in [3.05, 3.63) is 36.2 Å². The second-order valence-corrected chi connectivity index (χ2v) is 7.14. The minimum Gasteiger partial charge on any atom is -0.356 e. The molecule has 4 rings (SSSR count). The summed E-state index contributed by atoms with van der Waals surface area (Å²) in [6.07, 6.45) is 1.99. The predicted molar refractivity (Wildman–Crippen MR) is 102 cm³/mol. The van der Waals surface area contributed by atoms with E-state index >= 15 is 0 Å². The predicted octanol–water partition coefficient (Wildman–Crippen LogP) is 3.21. The number of alkyl halides is 3. The van der Waals surface area contributed by atoms with Crippen molar-refractivity contribution in [3.8, 4) is 0 Å². The van der Waals surface area contributed by atoms with Gasteiger partial charge in [0.25, 0.3) is 0 Å². The summed E-state index contributed by atoms with van der Waals surface area (Å²) in [7, 11) is 0. The van der Waals surface area contributed by atoms with Gasteiger partial charge in [0, 0.05) is 51.7 Å². The van der Waals surface area contributed by atoms with Gasteiger partial charge in [-0.05, 0) is 37.5 Å². The number of rotatable bonds is 3. The molecular weight excluding hydrogens is 369 g/mol. The molecule has 0 atom stereocenters. The first-order chi connectivity index (χ1) is 13.5. The van der Waals surface area contributed by atoms with Gasteiger partial charge in [0.2, 0.25) is 5.95 Å². The van der Waals surface area contributed by atoms with E-state index in [0.29, 0.717) is 37.9 Å². The topological polar surface area (TPSA) is 48.4 Å². The molecule has 2 saturated heterocycles. The fourth-order valence-corrected chi connectivity index (χ4v) is 3.67. The molecule has 0 aromatic carbocycles. The van der Waals surface area contributed by atoms with Crippen molar-refractivity contribution in [1.29, 1.82) is 0 Å². The average molecular weight is 392 g/mol. The summed E-state index contributed by atoms with van der Waals surface area (Å²) in [4.78, 5) is 19.6. The molecule has 0 bridgehead atoms. The number of piperidine rings is 1. The molecule has 0 aliphatic carbocycles. The molecule has 2 aromatic rings. The number of halogens is 3. The summed E-state index contributed by atoms with van der Waals surface area (Å²) in [5.74, 6) is 2.25. The Morgan fingerprint density at radius 1 is 0.714 bits per heavy atom.